The predicted octanol–water partition coefficient (Wildman–Crippen LogP) is 3.04. The molecule has 1 aromatic carbocycles. The molecule has 2 rings (SSSR count). The van der Waals surface area contributed by atoms with Gasteiger partial charge in [-0.3, -0.25) is 0 Å². The number of ether oxygens (including phenoxy) is 1. The number of hydrogen-bond acceptors (Lipinski definition) is 3. The molecule has 1 saturated carbocycles. The zero-order chi connectivity index (χ0) is 13.7. The Balaban J connectivity index is 1.96. The maximum Gasteiger partial charge on any atom is 0.119 e. The number of nitrogens with zero attached hydrogens (tertiary/aromatic N) is 1. The molecule has 1 aliphatic rings. The summed E-state index contributed by atoms with van der Waals surface area (Å²) in [4.78, 5) is 2.31. The van der Waals surface area contributed by atoms with Crippen molar-refractivity contribution in [1.29, 1.82) is 0 Å². The molecule has 0 saturated heterocycles. The summed E-state index contributed by atoms with van der Waals surface area (Å²) in [5.74, 6) is 1.53. The van der Waals surface area contributed by atoms with Crippen LogP contribution in [0.25, 0.3) is 0 Å². The van der Waals surface area contributed by atoms with Crippen molar-refractivity contribution in [2.24, 2.45) is 11.7 Å². The lowest BCUT2D eigenvalue weighted by Crippen LogP contribution is -2.37. The molecule has 0 amide bonds. The summed E-state index contributed by atoms with van der Waals surface area (Å²) in [7, 11) is 3.85. The topological polar surface area (TPSA) is 38.5 Å². The minimum absolute atomic E-state index is 0.364. The van der Waals surface area contributed by atoms with Gasteiger partial charge in [0.25, 0.3) is 0 Å². The largest absolute Gasteiger partial charge is 0.497 e. The molecule has 1 fully saturated rings. The third-order valence-corrected chi connectivity index (χ3v) is 4.24. The Morgan fingerprint density at radius 1 is 1.16 bits per heavy atom. The van der Waals surface area contributed by atoms with Crippen LogP contribution >= 0.6 is 0 Å². The Kier molecular flexibility index (Phi) is 5.08. The molecule has 0 radical (unpaired) electrons. The number of anilines is 1. The van der Waals surface area contributed by atoms with Gasteiger partial charge in [0.05, 0.1) is 7.11 Å². The average Bonchev–Trinajstić information content (AvgIpc) is 2.64. The summed E-state index contributed by atoms with van der Waals surface area (Å²) in [5.41, 5.74) is 7.54. The first-order chi connectivity index (χ1) is 9.20. The van der Waals surface area contributed by atoms with Crippen molar-refractivity contribution in [3.8, 4) is 5.75 Å². The minimum Gasteiger partial charge on any atom is -0.497 e. The molecule has 0 spiro atoms. The Morgan fingerprint density at radius 2 is 1.84 bits per heavy atom. The van der Waals surface area contributed by atoms with Crippen LogP contribution in [0.4, 0.5) is 5.69 Å². The highest BCUT2D eigenvalue weighted by molar-refractivity contribution is 5.48. The van der Waals surface area contributed by atoms with E-state index in [0.717, 1.165) is 12.3 Å². The summed E-state index contributed by atoms with van der Waals surface area (Å²) in [5, 5.41) is 0. The number of methoxy groups -OCH3 is 1. The molecule has 3 nitrogen and oxygen atoms in total. The van der Waals surface area contributed by atoms with E-state index in [-0.39, 0.29) is 0 Å². The maximum absolute atomic E-state index is 6.30. The molecule has 2 atom stereocenters. The normalized spacial score (nSPS) is 23.7. The van der Waals surface area contributed by atoms with Gasteiger partial charge >= 0.3 is 0 Å². The molecule has 0 heterocycles. The second-order valence-electron chi connectivity index (χ2n) is 5.64. The molecule has 0 aliphatic heterocycles. The van der Waals surface area contributed by atoms with E-state index in [1.165, 1.54) is 37.8 Å². The second-order valence-corrected chi connectivity index (χ2v) is 5.64. The Labute approximate surface area is 116 Å². The van der Waals surface area contributed by atoms with Crippen molar-refractivity contribution in [3.05, 3.63) is 24.3 Å². The average molecular weight is 262 g/mol. The van der Waals surface area contributed by atoms with Crippen LogP contribution in [-0.2, 0) is 0 Å². The standard InChI is InChI=1S/C16H26N2O/c1-18(14-8-10-15(19-2)11-9-14)12-13-6-4-3-5-7-16(13)17/h8-11,13,16H,3-7,12,17H2,1-2H3. The van der Waals surface area contributed by atoms with Crippen LogP contribution in [0, 0.1) is 5.92 Å². The SMILES string of the molecule is COc1ccc(N(C)CC2CCCCCC2N)cc1. The van der Waals surface area contributed by atoms with Crippen molar-refractivity contribution in [3.63, 3.8) is 0 Å². The van der Waals surface area contributed by atoms with Crippen LogP contribution in [0.2, 0.25) is 0 Å². The Bertz CT molecular complexity index is 377. The first-order valence-corrected chi connectivity index (χ1v) is 7.31. The summed E-state index contributed by atoms with van der Waals surface area (Å²) < 4.78 is 5.19. The van der Waals surface area contributed by atoms with E-state index < -0.39 is 0 Å². The maximum atomic E-state index is 6.30. The highest BCUT2D eigenvalue weighted by Crippen LogP contribution is 2.25. The molecular formula is C16H26N2O. The van der Waals surface area contributed by atoms with Crippen molar-refractivity contribution >= 4 is 5.69 Å². The fourth-order valence-electron chi connectivity index (χ4n) is 2.93. The highest BCUT2D eigenvalue weighted by Gasteiger charge is 2.21. The number of benzene rings is 1. The molecule has 0 bridgehead atoms. The van der Waals surface area contributed by atoms with Gasteiger partial charge in [0.2, 0.25) is 0 Å². The van der Waals surface area contributed by atoms with E-state index in [9.17, 15) is 0 Å². The van der Waals surface area contributed by atoms with Gasteiger partial charge in [-0.1, -0.05) is 19.3 Å². The molecule has 106 valence electrons. The van der Waals surface area contributed by atoms with E-state index in [1.54, 1.807) is 7.11 Å². The third kappa shape index (κ3) is 3.87. The Morgan fingerprint density at radius 3 is 2.53 bits per heavy atom. The van der Waals surface area contributed by atoms with E-state index in [0.29, 0.717) is 12.0 Å². The van der Waals surface area contributed by atoms with Crippen molar-refractivity contribution in [2.45, 2.75) is 38.1 Å². The number of nitrogens with two attached hydrogens (primary N) is 1. The molecule has 19 heavy (non-hydrogen) atoms. The second kappa shape index (κ2) is 6.80. The molecule has 2 N–H and O–H groups in total. The number of hydrogen-bond donors (Lipinski definition) is 1. The first kappa shape index (κ1) is 14.2. The van der Waals surface area contributed by atoms with Crippen molar-refractivity contribution < 1.29 is 4.74 Å². The monoisotopic (exact) mass is 262 g/mol. The number of rotatable bonds is 4. The van der Waals surface area contributed by atoms with Crippen molar-refractivity contribution in [1.82, 2.24) is 0 Å². The van der Waals surface area contributed by atoms with Crippen LogP contribution in [0.5, 0.6) is 5.75 Å². The van der Waals surface area contributed by atoms with Gasteiger partial charge in [-0.15, -0.1) is 0 Å². The van der Waals surface area contributed by atoms with Crippen LogP contribution in [-0.4, -0.2) is 26.7 Å². The molecule has 1 aliphatic carbocycles. The Hall–Kier alpha value is -1.22. The fraction of sp³-hybridized carbons (Fsp3) is 0.625. The van der Waals surface area contributed by atoms with Crippen LogP contribution in [0.3, 0.4) is 0 Å². The van der Waals surface area contributed by atoms with E-state index in [4.69, 9.17) is 10.5 Å². The quantitative estimate of drug-likeness (QED) is 0.848. The zero-order valence-corrected chi connectivity index (χ0v) is 12.1. The first-order valence-electron chi connectivity index (χ1n) is 7.31. The smallest absolute Gasteiger partial charge is 0.119 e. The summed E-state index contributed by atoms with van der Waals surface area (Å²) in [6.07, 6.45) is 6.41. The van der Waals surface area contributed by atoms with Gasteiger partial charge in [0.1, 0.15) is 5.75 Å². The summed E-state index contributed by atoms with van der Waals surface area (Å²) >= 11 is 0. The molecular weight excluding hydrogens is 236 g/mol. The van der Waals surface area contributed by atoms with Gasteiger partial charge in [0.15, 0.2) is 0 Å². The predicted molar refractivity (Wildman–Crippen MR) is 80.8 cm³/mol. The molecule has 1 aromatic rings. The van der Waals surface area contributed by atoms with Crippen LogP contribution < -0.4 is 15.4 Å². The summed E-state index contributed by atoms with van der Waals surface area (Å²) in [6, 6.07) is 8.61. The van der Waals surface area contributed by atoms with Gasteiger partial charge in [0, 0.05) is 25.3 Å². The highest BCUT2D eigenvalue weighted by atomic mass is 16.5. The van der Waals surface area contributed by atoms with E-state index in [2.05, 4.69) is 24.1 Å². The summed E-state index contributed by atoms with van der Waals surface area (Å²) in [6.45, 7) is 1.05. The molecule has 3 heteroatoms. The van der Waals surface area contributed by atoms with Crippen LogP contribution in [0.1, 0.15) is 32.1 Å². The lowest BCUT2D eigenvalue weighted by atomic mass is 9.95. The lowest BCUT2D eigenvalue weighted by molar-refractivity contribution is 0.401. The minimum atomic E-state index is 0.364. The zero-order valence-electron chi connectivity index (χ0n) is 12.1. The molecule has 0 aromatic heterocycles. The van der Waals surface area contributed by atoms with Gasteiger partial charge in [-0.2, -0.15) is 0 Å². The van der Waals surface area contributed by atoms with Gasteiger partial charge in [-0.25, -0.2) is 0 Å². The molecule has 2 unspecified atom stereocenters. The van der Waals surface area contributed by atoms with Gasteiger partial charge in [-0.05, 0) is 43.0 Å². The van der Waals surface area contributed by atoms with Crippen molar-refractivity contribution in [2.75, 3.05) is 25.6 Å². The van der Waals surface area contributed by atoms with Gasteiger partial charge < -0.3 is 15.4 Å². The van der Waals surface area contributed by atoms with E-state index in [1.807, 2.05) is 12.1 Å². The van der Waals surface area contributed by atoms with E-state index >= 15 is 0 Å². The fourth-order valence-corrected chi connectivity index (χ4v) is 2.93. The van der Waals surface area contributed by atoms with Crippen LogP contribution in [0.15, 0.2) is 24.3 Å². The third-order valence-electron chi connectivity index (χ3n) is 4.24. The lowest BCUT2D eigenvalue weighted by Gasteiger charge is -2.28.